The number of nitrogen functional groups attached to an aromatic ring is 1. The lowest BCUT2D eigenvalue weighted by Crippen LogP contribution is -2.23. The molecule has 0 radical (unpaired) electrons. The number of benzene rings is 1. The van der Waals surface area contributed by atoms with Gasteiger partial charge >= 0.3 is 0 Å². The highest BCUT2D eigenvalue weighted by Gasteiger charge is 2.11. The molecule has 0 aliphatic carbocycles. The summed E-state index contributed by atoms with van der Waals surface area (Å²) < 4.78 is 0. The maximum absolute atomic E-state index is 5.79. The lowest BCUT2D eigenvalue weighted by atomic mass is 10.2. The molecule has 3 rings (SSSR count). The summed E-state index contributed by atoms with van der Waals surface area (Å²) in [4.78, 5) is 16.5. The first-order valence-electron chi connectivity index (χ1n) is 8.79. The van der Waals surface area contributed by atoms with E-state index in [1.807, 2.05) is 13.0 Å². The maximum Gasteiger partial charge on any atom is 0.227 e. The van der Waals surface area contributed by atoms with Gasteiger partial charge in [-0.25, -0.2) is 15.0 Å². The van der Waals surface area contributed by atoms with Gasteiger partial charge in [0.2, 0.25) is 5.95 Å². The number of hydrogen-bond donors (Lipinski definition) is 2. The molecule has 136 valence electrons. The highest BCUT2D eigenvalue weighted by molar-refractivity contribution is 7.18. The Kier molecular flexibility index (Phi) is 5.68. The van der Waals surface area contributed by atoms with Gasteiger partial charge in [-0.3, -0.25) is 0 Å². The molecule has 0 saturated carbocycles. The average Bonchev–Trinajstić information content (AvgIpc) is 2.99. The van der Waals surface area contributed by atoms with Crippen LogP contribution in [0.2, 0.25) is 0 Å². The lowest BCUT2D eigenvalue weighted by molar-refractivity contribution is 0.792. The summed E-state index contributed by atoms with van der Waals surface area (Å²) in [6, 6.07) is 10.2. The number of anilines is 4. The summed E-state index contributed by atoms with van der Waals surface area (Å²) in [6.45, 7) is 8.37. The molecule has 0 bridgehead atoms. The third-order valence-electron chi connectivity index (χ3n) is 4.07. The summed E-state index contributed by atoms with van der Waals surface area (Å²) in [6.07, 6.45) is 2.88. The molecule has 26 heavy (non-hydrogen) atoms. The summed E-state index contributed by atoms with van der Waals surface area (Å²) in [5.74, 6) is 0.558. The van der Waals surface area contributed by atoms with Crippen LogP contribution in [0.4, 0.5) is 22.5 Å². The second-order valence-corrected chi connectivity index (χ2v) is 7.01. The number of nitrogens with one attached hydrogen (secondary N) is 1. The van der Waals surface area contributed by atoms with E-state index in [1.165, 1.54) is 17.0 Å². The molecule has 0 aliphatic rings. The molecule has 3 aromatic rings. The van der Waals surface area contributed by atoms with Crippen LogP contribution in [0.5, 0.6) is 0 Å². The van der Waals surface area contributed by atoms with Gasteiger partial charge in [-0.2, -0.15) is 0 Å². The molecule has 0 fully saturated rings. The fourth-order valence-electron chi connectivity index (χ4n) is 2.82. The van der Waals surface area contributed by atoms with Crippen LogP contribution in [0.25, 0.3) is 10.6 Å². The van der Waals surface area contributed by atoms with Crippen molar-refractivity contribution in [1.29, 1.82) is 0 Å². The molecule has 0 aliphatic heterocycles. The minimum absolute atomic E-state index is 0.550. The molecule has 0 unspecified atom stereocenters. The molecule has 7 heteroatoms. The molecule has 0 amide bonds. The third-order valence-corrected chi connectivity index (χ3v) is 5.07. The van der Waals surface area contributed by atoms with E-state index < -0.39 is 0 Å². The van der Waals surface area contributed by atoms with Crippen molar-refractivity contribution in [3.8, 4) is 10.6 Å². The zero-order valence-corrected chi connectivity index (χ0v) is 16.2. The molecular weight excluding hydrogens is 344 g/mol. The Balaban J connectivity index is 1.77. The van der Waals surface area contributed by atoms with Crippen LogP contribution in [-0.4, -0.2) is 28.0 Å². The highest BCUT2D eigenvalue weighted by Crippen LogP contribution is 2.30. The number of rotatable bonds is 7. The minimum Gasteiger partial charge on any atom is -0.375 e. The highest BCUT2D eigenvalue weighted by atomic mass is 32.1. The monoisotopic (exact) mass is 368 g/mol. The Morgan fingerprint density at radius 2 is 1.88 bits per heavy atom. The molecule has 3 N–H and O–H groups in total. The lowest BCUT2D eigenvalue weighted by Gasteiger charge is -2.22. The number of thiazole rings is 1. The van der Waals surface area contributed by atoms with Gasteiger partial charge < -0.3 is 16.0 Å². The van der Waals surface area contributed by atoms with Gasteiger partial charge in [-0.05, 0) is 50.6 Å². The van der Waals surface area contributed by atoms with E-state index in [-0.39, 0.29) is 0 Å². The first-order valence-corrected chi connectivity index (χ1v) is 9.60. The van der Waals surface area contributed by atoms with E-state index in [2.05, 4.69) is 63.3 Å². The van der Waals surface area contributed by atoms with Gasteiger partial charge in [-0.1, -0.05) is 18.3 Å². The molecule has 1 aromatic carbocycles. The minimum atomic E-state index is 0.550. The predicted octanol–water partition coefficient (Wildman–Crippen LogP) is 4.47. The van der Waals surface area contributed by atoms with Gasteiger partial charge in [0, 0.05) is 30.7 Å². The molecular formula is C19H24N6S. The summed E-state index contributed by atoms with van der Waals surface area (Å²) in [7, 11) is 0. The molecule has 0 atom stereocenters. The number of nitrogens with zero attached hydrogens (tertiary/aromatic N) is 4. The zero-order valence-electron chi connectivity index (χ0n) is 15.4. The van der Waals surface area contributed by atoms with Gasteiger partial charge in [0.05, 0.1) is 16.3 Å². The Morgan fingerprint density at radius 1 is 1.12 bits per heavy atom. The molecule has 2 aromatic heterocycles. The van der Waals surface area contributed by atoms with Crippen LogP contribution in [0, 0.1) is 6.92 Å². The first-order chi connectivity index (χ1) is 12.6. The standard InChI is InChI=1S/C19H24N6S/c1-4-12-25(5-2)15-8-6-14(7-9-15)23-19-21-11-10-16(24-19)17-13(3)22-18(20)26-17/h6-11H,4-5,12H2,1-3H3,(H2,20,22)(H,21,23,24). The topological polar surface area (TPSA) is 80.0 Å². The Labute approximate surface area is 158 Å². The van der Waals surface area contributed by atoms with Crippen LogP contribution >= 0.6 is 11.3 Å². The number of nitrogens with two attached hydrogens (primary N) is 1. The van der Waals surface area contributed by atoms with E-state index in [0.717, 1.165) is 41.5 Å². The average molecular weight is 369 g/mol. The quantitative estimate of drug-likeness (QED) is 0.640. The second-order valence-electron chi connectivity index (χ2n) is 5.98. The summed E-state index contributed by atoms with van der Waals surface area (Å²) in [5, 5.41) is 3.82. The van der Waals surface area contributed by atoms with E-state index in [9.17, 15) is 0 Å². The SMILES string of the molecule is CCCN(CC)c1ccc(Nc2nccc(-c3sc(N)nc3C)n2)cc1. The van der Waals surface area contributed by atoms with Crippen LogP contribution in [0.1, 0.15) is 26.0 Å². The van der Waals surface area contributed by atoms with E-state index in [1.54, 1.807) is 6.20 Å². The van der Waals surface area contributed by atoms with Crippen molar-refractivity contribution < 1.29 is 0 Å². The van der Waals surface area contributed by atoms with Crippen LogP contribution in [-0.2, 0) is 0 Å². The largest absolute Gasteiger partial charge is 0.375 e. The maximum atomic E-state index is 5.79. The van der Waals surface area contributed by atoms with E-state index in [4.69, 9.17) is 5.73 Å². The zero-order chi connectivity index (χ0) is 18.5. The summed E-state index contributed by atoms with van der Waals surface area (Å²) >= 11 is 1.44. The Morgan fingerprint density at radius 3 is 2.50 bits per heavy atom. The fourth-order valence-corrected chi connectivity index (χ4v) is 3.63. The van der Waals surface area contributed by atoms with Crippen LogP contribution in [0.3, 0.4) is 0 Å². The van der Waals surface area contributed by atoms with Crippen LogP contribution in [0.15, 0.2) is 36.5 Å². The molecule has 6 nitrogen and oxygen atoms in total. The van der Waals surface area contributed by atoms with E-state index >= 15 is 0 Å². The van der Waals surface area contributed by atoms with Crippen molar-refractivity contribution >= 4 is 33.8 Å². The normalized spacial score (nSPS) is 10.7. The van der Waals surface area contributed by atoms with E-state index in [0.29, 0.717) is 11.1 Å². The number of aromatic nitrogens is 3. The van der Waals surface area contributed by atoms with Gasteiger partial charge in [0.15, 0.2) is 5.13 Å². The van der Waals surface area contributed by atoms with Crippen molar-refractivity contribution in [3.05, 3.63) is 42.2 Å². The van der Waals surface area contributed by atoms with Crippen molar-refractivity contribution in [3.63, 3.8) is 0 Å². The smallest absolute Gasteiger partial charge is 0.227 e. The van der Waals surface area contributed by atoms with Crippen molar-refractivity contribution in [2.75, 3.05) is 29.0 Å². The third kappa shape index (κ3) is 4.11. The van der Waals surface area contributed by atoms with Gasteiger partial charge in [0.1, 0.15) is 0 Å². The number of hydrogen-bond acceptors (Lipinski definition) is 7. The predicted molar refractivity (Wildman–Crippen MR) is 110 cm³/mol. The molecule has 2 heterocycles. The fraction of sp³-hybridized carbons (Fsp3) is 0.316. The van der Waals surface area contributed by atoms with Crippen molar-refractivity contribution in [1.82, 2.24) is 15.0 Å². The second kappa shape index (κ2) is 8.14. The van der Waals surface area contributed by atoms with Crippen molar-refractivity contribution in [2.45, 2.75) is 27.2 Å². The Hall–Kier alpha value is -2.67. The van der Waals surface area contributed by atoms with Gasteiger partial charge in [0.25, 0.3) is 0 Å². The Bertz CT molecular complexity index is 859. The molecule has 0 saturated heterocycles. The summed E-state index contributed by atoms with van der Waals surface area (Å²) in [5.41, 5.74) is 9.69. The van der Waals surface area contributed by atoms with Gasteiger partial charge in [-0.15, -0.1) is 0 Å². The number of aryl methyl sites for hydroxylation is 1. The van der Waals surface area contributed by atoms with Crippen LogP contribution < -0.4 is 16.0 Å². The van der Waals surface area contributed by atoms with Crippen molar-refractivity contribution in [2.24, 2.45) is 0 Å². The molecule has 0 spiro atoms. The first kappa shape index (κ1) is 18.1.